The summed E-state index contributed by atoms with van der Waals surface area (Å²) >= 11 is 0. The Hall–Kier alpha value is -1.16. The highest BCUT2D eigenvalue weighted by atomic mass is 19.2. The van der Waals surface area contributed by atoms with Crippen LogP contribution in [0.25, 0.3) is 0 Å². The lowest BCUT2D eigenvalue weighted by Crippen LogP contribution is -2.26. The Morgan fingerprint density at radius 3 is 2.77 bits per heavy atom. The molecule has 4 heteroatoms. The van der Waals surface area contributed by atoms with Gasteiger partial charge in [0, 0.05) is 25.2 Å². The van der Waals surface area contributed by atoms with Crippen molar-refractivity contribution < 1.29 is 18.7 Å². The van der Waals surface area contributed by atoms with E-state index in [1.807, 2.05) is 0 Å². The third-order valence-electron chi connectivity index (χ3n) is 1.86. The average molecular weight is 186 g/mol. The van der Waals surface area contributed by atoms with Gasteiger partial charge in [-0.2, -0.15) is 0 Å². The zero-order valence-electron chi connectivity index (χ0n) is 7.54. The second-order valence-electron chi connectivity index (χ2n) is 2.76. The summed E-state index contributed by atoms with van der Waals surface area (Å²) in [5, 5.41) is 0. The van der Waals surface area contributed by atoms with Crippen LogP contribution in [0.15, 0.2) is 23.5 Å². The summed E-state index contributed by atoms with van der Waals surface area (Å²) in [6, 6.07) is 0. The van der Waals surface area contributed by atoms with E-state index in [0.29, 0.717) is 17.6 Å². The lowest BCUT2D eigenvalue weighted by molar-refractivity contribution is -0.108. The number of aldehydes is 1. The minimum atomic E-state index is -1.92. The second-order valence-corrected chi connectivity index (χ2v) is 2.76. The molecule has 0 radical (unpaired) electrons. The predicted molar refractivity (Wildman–Crippen MR) is 44.7 cm³/mol. The molecule has 0 N–H and O–H groups in total. The highest BCUT2D eigenvalue weighted by Gasteiger charge is 2.31. The summed E-state index contributed by atoms with van der Waals surface area (Å²) in [6.45, 7) is 0. The van der Waals surface area contributed by atoms with Crippen LogP contribution in [0.4, 0.5) is 4.39 Å². The predicted octanol–water partition coefficient (Wildman–Crippen LogP) is 1.36. The maximum atomic E-state index is 13.6. The molecule has 13 heavy (non-hydrogen) atoms. The molecule has 1 unspecified atom stereocenters. The maximum absolute atomic E-state index is 13.6. The zero-order valence-corrected chi connectivity index (χ0v) is 7.54. The first-order valence-corrected chi connectivity index (χ1v) is 3.80. The Labute approximate surface area is 75.8 Å². The van der Waals surface area contributed by atoms with E-state index < -0.39 is 5.85 Å². The van der Waals surface area contributed by atoms with Gasteiger partial charge in [0.15, 0.2) is 0 Å². The van der Waals surface area contributed by atoms with Crippen molar-refractivity contribution >= 4 is 6.29 Å². The highest BCUT2D eigenvalue weighted by molar-refractivity contribution is 5.75. The van der Waals surface area contributed by atoms with Crippen LogP contribution in [0, 0.1) is 0 Å². The molecule has 1 aliphatic rings. The average Bonchev–Trinajstić information content (AvgIpc) is 2.17. The Morgan fingerprint density at radius 2 is 2.31 bits per heavy atom. The van der Waals surface area contributed by atoms with Gasteiger partial charge in [-0.1, -0.05) is 0 Å². The van der Waals surface area contributed by atoms with Gasteiger partial charge >= 0.3 is 0 Å². The van der Waals surface area contributed by atoms with E-state index in [0.717, 1.165) is 0 Å². The van der Waals surface area contributed by atoms with Crippen LogP contribution in [0.2, 0.25) is 0 Å². The van der Waals surface area contributed by atoms with Crippen LogP contribution >= 0.6 is 0 Å². The van der Waals surface area contributed by atoms with Crippen molar-refractivity contribution in [1.82, 2.24) is 0 Å². The van der Waals surface area contributed by atoms with E-state index in [2.05, 4.69) is 4.74 Å². The standard InChI is InChI=1S/C9H11FO3/c1-12-8-3-7(6-11)4-9(10,5-8)13-2/h3,5-6H,4H2,1-2H3. The number of rotatable bonds is 3. The van der Waals surface area contributed by atoms with Crippen LogP contribution in [0.1, 0.15) is 6.42 Å². The lowest BCUT2D eigenvalue weighted by Gasteiger charge is -2.23. The number of carbonyl (C=O) groups excluding carboxylic acids is 1. The molecule has 0 aromatic heterocycles. The fourth-order valence-corrected chi connectivity index (χ4v) is 1.14. The van der Waals surface area contributed by atoms with Gasteiger partial charge in [-0.25, -0.2) is 4.39 Å². The molecule has 0 spiro atoms. The van der Waals surface area contributed by atoms with Gasteiger partial charge in [-0.3, -0.25) is 4.79 Å². The van der Waals surface area contributed by atoms with Crippen molar-refractivity contribution in [2.75, 3.05) is 14.2 Å². The summed E-state index contributed by atoms with van der Waals surface area (Å²) in [6.07, 6.45) is 3.23. The fourth-order valence-electron chi connectivity index (χ4n) is 1.14. The Kier molecular flexibility index (Phi) is 2.83. The largest absolute Gasteiger partial charge is 0.497 e. The zero-order chi connectivity index (χ0) is 9.90. The first-order chi connectivity index (χ1) is 6.13. The molecule has 0 saturated carbocycles. The maximum Gasteiger partial charge on any atom is 0.236 e. The fraction of sp³-hybridized carbons (Fsp3) is 0.444. The van der Waals surface area contributed by atoms with E-state index in [-0.39, 0.29) is 6.42 Å². The summed E-state index contributed by atoms with van der Waals surface area (Å²) < 4.78 is 23.0. The lowest BCUT2D eigenvalue weighted by atomic mass is 10.0. The molecule has 0 aliphatic heterocycles. The van der Waals surface area contributed by atoms with Gasteiger partial charge in [0.25, 0.3) is 0 Å². The number of halogens is 1. The minimum absolute atomic E-state index is 0.0696. The molecule has 1 atom stereocenters. The van der Waals surface area contributed by atoms with Crippen molar-refractivity contribution in [3.63, 3.8) is 0 Å². The number of allylic oxidation sites excluding steroid dienone is 1. The number of carbonyl (C=O) groups is 1. The summed E-state index contributed by atoms with van der Waals surface area (Å²) in [5.74, 6) is -1.62. The normalized spacial score (nSPS) is 27.6. The van der Waals surface area contributed by atoms with Crippen molar-refractivity contribution in [2.45, 2.75) is 12.3 Å². The Bertz CT molecular complexity index is 270. The summed E-state index contributed by atoms with van der Waals surface area (Å²) in [4.78, 5) is 10.5. The second kappa shape index (κ2) is 3.70. The van der Waals surface area contributed by atoms with Gasteiger partial charge in [0.1, 0.15) is 12.0 Å². The van der Waals surface area contributed by atoms with Gasteiger partial charge in [0.05, 0.1) is 7.11 Å². The van der Waals surface area contributed by atoms with Crippen LogP contribution in [0.5, 0.6) is 0 Å². The van der Waals surface area contributed by atoms with E-state index in [4.69, 9.17) is 4.74 Å². The number of methoxy groups -OCH3 is 2. The van der Waals surface area contributed by atoms with Gasteiger partial charge < -0.3 is 9.47 Å². The third kappa shape index (κ3) is 2.15. The number of ether oxygens (including phenoxy) is 2. The van der Waals surface area contributed by atoms with Crippen molar-refractivity contribution in [2.24, 2.45) is 0 Å². The quantitative estimate of drug-likeness (QED) is 0.624. The van der Waals surface area contributed by atoms with Crippen molar-refractivity contribution in [1.29, 1.82) is 0 Å². The first-order valence-electron chi connectivity index (χ1n) is 3.80. The number of hydrogen-bond donors (Lipinski definition) is 0. The van der Waals surface area contributed by atoms with Gasteiger partial charge in [-0.15, -0.1) is 0 Å². The van der Waals surface area contributed by atoms with Crippen LogP contribution in [-0.4, -0.2) is 26.4 Å². The van der Waals surface area contributed by atoms with Gasteiger partial charge in [0.2, 0.25) is 5.85 Å². The first kappa shape index (κ1) is 9.92. The van der Waals surface area contributed by atoms with Gasteiger partial charge in [-0.05, 0) is 6.08 Å². The molecular formula is C9H11FO3. The molecule has 0 bridgehead atoms. The molecule has 0 amide bonds. The monoisotopic (exact) mass is 186 g/mol. The number of hydrogen-bond acceptors (Lipinski definition) is 3. The van der Waals surface area contributed by atoms with Crippen LogP contribution in [0.3, 0.4) is 0 Å². The smallest absolute Gasteiger partial charge is 0.236 e. The minimum Gasteiger partial charge on any atom is -0.497 e. The summed E-state index contributed by atoms with van der Waals surface area (Å²) in [7, 11) is 2.66. The topological polar surface area (TPSA) is 35.5 Å². The number of alkyl halides is 1. The van der Waals surface area contributed by atoms with E-state index >= 15 is 0 Å². The molecule has 0 saturated heterocycles. The van der Waals surface area contributed by atoms with Crippen LogP contribution in [-0.2, 0) is 14.3 Å². The molecule has 0 heterocycles. The molecule has 0 aromatic rings. The van der Waals surface area contributed by atoms with E-state index in [1.54, 1.807) is 0 Å². The molecule has 1 aliphatic carbocycles. The molecule has 3 nitrogen and oxygen atoms in total. The molecule has 0 aromatic carbocycles. The Balaban J connectivity index is 2.94. The Morgan fingerprint density at radius 1 is 1.62 bits per heavy atom. The molecular weight excluding hydrogens is 175 g/mol. The molecule has 72 valence electrons. The highest BCUT2D eigenvalue weighted by Crippen LogP contribution is 2.29. The van der Waals surface area contributed by atoms with Crippen LogP contribution < -0.4 is 0 Å². The van der Waals surface area contributed by atoms with E-state index in [1.165, 1.54) is 26.4 Å². The molecule has 1 rings (SSSR count). The molecule has 0 fully saturated rings. The summed E-state index contributed by atoms with van der Waals surface area (Å²) in [5.41, 5.74) is 0.323. The van der Waals surface area contributed by atoms with Crippen molar-refractivity contribution in [3.05, 3.63) is 23.5 Å². The SMILES string of the molecule is COC1=CC(F)(OC)CC(C=O)=C1. The third-order valence-corrected chi connectivity index (χ3v) is 1.86. The van der Waals surface area contributed by atoms with E-state index in [9.17, 15) is 9.18 Å². The van der Waals surface area contributed by atoms with Crippen molar-refractivity contribution in [3.8, 4) is 0 Å².